The van der Waals surface area contributed by atoms with Gasteiger partial charge < -0.3 is 10.6 Å². The second-order valence-corrected chi connectivity index (χ2v) is 7.66. The Labute approximate surface area is 174 Å². The fourth-order valence-electron chi connectivity index (χ4n) is 3.20. The maximum absolute atomic E-state index is 13.0. The van der Waals surface area contributed by atoms with Crippen LogP contribution in [0.15, 0.2) is 54.6 Å². The molecule has 0 aliphatic heterocycles. The van der Waals surface area contributed by atoms with Crippen LogP contribution in [-0.4, -0.2) is 29.8 Å². The second-order valence-electron chi connectivity index (χ2n) is 7.66. The van der Waals surface area contributed by atoms with Gasteiger partial charge >= 0.3 is 0 Å². The zero-order valence-electron chi connectivity index (χ0n) is 17.9. The van der Waals surface area contributed by atoms with Crippen molar-refractivity contribution in [1.82, 2.24) is 10.2 Å². The molecular weight excluding hydrogens is 362 g/mol. The Balaban J connectivity index is 2.16. The normalized spacial score (nSPS) is 12.1. The Morgan fingerprint density at radius 1 is 0.966 bits per heavy atom. The Morgan fingerprint density at radius 2 is 1.66 bits per heavy atom. The van der Waals surface area contributed by atoms with Crippen LogP contribution in [0.5, 0.6) is 0 Å². The molecule has 0 aliphatic rings. The van der Waals surface area contributed by atoms with E-state index in [1.165, 1.54) is 0 Å². The van der Waals surface area contributed by atoms with Crippen LogP contribution < -0.4 is 10.6 Å². The molecule has 2 aromatic carbocycles. The van der Waals surface area contributed by atoms with Crippen molar-refractivity contribution in [1.29, 1.82) is 0 Å². The van der Waals surface area contributed by atoms with Crippen LogP contribution in [0, 0.1) is 5.92 Å². The molecule has 2 rings (SSSR count). The molecule has 0 bridgehead atoms. The number of hydrogen-bond acceptors (Lipinski definition) is 3. The summed E-state index contributed by atoms with van der Waals surface area (Å²) in [5.74, 6) is -0.140. The van der Waals surface area contributed by atoms with Crippen LogP contribution in [0.3, 0.4) is 0 Å². The summed E-state index contributed by atoms with van der Waals surface area (Å²) in [5.41, 5.74) is 2.65. The van der Waals surface area contributed by atoms with Gasteiger partial charge in [0.15, 0.2) is 0 Å². The summed E-state index contributed by atoms with van der Waals surface area (Å²) in [7, 11) is 0. The molecule has 0 heterocycles. The molecule has 5 nitrogen and oxygen atoms in total. The van der Waals surface area contributed by atoms with Gasteiger partial charge in [-0.2, -0.15) is 0 Å². The highest BCUT2D eigenvalue weighted by Crippen LogP contribution is 2.18. The minimum atomic E-state index is -0.728. The molecule has 5 heteroatoms. The number of nitrogens with one attached hydrogen (secondary N) is 2. The molecule has 1 atom stereocenters. The van der Waals surface area contributed by atoms with Crippen LogP contribution in [0.1, 0.15) is 51.3 Å². The minimum Gasteiger partial charge on any atom is -0.341 e. The molecule has 2 amide bonds. The number of carbonyl (C=O) groups is 2. The number of nitrogens with zero attached hydrogens (tertiary/aromatic N) is 1. The molecule has 0 aliphatic carbocycles. The van der Waals surface area contributed by atoms with Crippen LogP contribution in [-0.2, 0) is 16.1 Å². The predicted molar refractivity (Wildman–Crippen MR) is 118 cm³/mol. The van der Waals surface area contributed by atoms with E-state index in [1.54, 1.807) is 0 Å². The van der Waals surface area contributed by atoms with E-state index in [9.17, 15) is 9.59 Å². The van der Waals surface area contributed by atoms with E-state index < -0.39 is 6.04 Å². The molecule has 2 N–H and O–H groups in total. The summed E-state index contributed by atoms with van der Waals surface area (Å²) in [6.07, 6.45) is 0.385. The third-order valence-corrected chi connectivity index (χ3v) is 4.79. The molecule has 156 valence electrons. The molecule has 2 aromatic rings. The zero-order valence-corrected chi connectivity index (χ0v) is 17.9. The minimum absolute atomic E-state index is 0.126. The van der Waals surface area contributed by atoms with Crippen molar-refractivity contribution in [3.05, 3.63) is 65.7 Å². The summed E-state index contributed by atoms with van der Waals surface area (Å²) >= 11 is 0. The molecule has 0 aromatic heterocycles. The van der Waals surface area contributed by atoms with Gasteiger partial charge in [0.1, 0.15) is 6.04 Å². The summed E-state index contributed by atoms with van der Waals surface area (Å²) in [4.78, 5) is 27.7. The molecule has 29 heavy (non-hydrogen) atoms. The van der Waals surface area contributed by atoms with E-state index in [1.807, 2.05) is 62.4 Å². The number of anilines is 1. The highest BCUT2D eigenvalue weighted by molar-refractivity contribution is 5.97. The molecule has 0 radical (unpaired) electrons. The van der Waals surface area contributed by atoms with Gasteiger partial charge in [-0.15, -0.1) is 0 Å². The third kappa shape index (κ3) is 7.35. The van der Waals surface area contributed by atoms with E-state index in [0.717, 1.165) is 36.4 Å². The van der Waals surface area contributed by atoms with E-state index in [-0.39, 0.29) is 17.7 Å². The maximum atomic E-state index is 13.0. The lowest BCUT2D eigenvalue weighted by Gasteiger charge is -2.21. The van der Waals surface area contributed by atoms with E-state index in [0.29, 0.717) is 6.42 Å². The molecular formula is C24H33N3O2. The Bertz CT molecular complexity index is 786. The highest BCUT2D eigenvalue weighted by Gasteiger charge is 2.23. The fourth-order valence-corrected chi connectivity index (χ4v) is 3.20. The predicted octanol–water partition coefficient (Wildman–Crippen LogP) is 4.37. The van der Waals surface area contributed by atoms with Gasteiger partial charge in [0.2, 0.25) is 5.91 Å². The first kappa shape index (κ1) is 22.6. The van der Waals surface area contributed by atoms with Crippen LogP contribution in [0.4, 0.5) is 5.69 Å². The highest BCUT2D eigenvalue weighted by atomic mass is 16.2. The average Bonchev–Trinajstić information content (AvgIpc) is 2.70. The molecule has 0 fully saturated rings. The monoisotopic (exact) mass is 395 g/mol. The summed E-state index contributed by atoms with van der Waals surface area (Å²) in [6.45, 7) is 11.0. The van der Waals surface area contributed by atoms with Crippen molar-refractivity contribution in [2.45, 2.75) is 46.7 Å². The van der Waals surface area contributed by atoms with Crippen molar-refractivity contribution in [3.8, 4) is 0 Å². The zero-order chi connectivity index (χ0) is 21.2. The Hall–Kier alpha value is -2.66. The van der Waals surface area contributed by atoms with Crippen LogP contribution in [0.2, 0.25) is 0 Å². The lowest BCUT2D eigenvalue weighted by molar-refractivity contribution is -0.127. The van der Waals surface area contributed by atoms with Gasteiger partial charge in [0.05, 0.1) is 0 Å². The topological polar surface area (TPSA) is 61.4 Å². The van der Waals surface area contributed by atoms with Crippen LogP contribution in [0.25, 0.3) is 0 Å². The fraction of sp³-hybridized carbons (Fsp3) is 0.417. The van der Waals surface area contributed by atoms with Crippen molar-refractivity contribution < 1.29 is 9.59 Å². The Kier molecular flexibility index (Phi) is 8.87. The number of carbonyl (C=O) groups excluding carboxylic acids is 2. The lowest BCUT2D eigenvalue weighted by atomic mass is 10.0. The average molecular weight is 396 g/mol. The van der Waals surface area contributed by atoms with E-state index in [2.05, 4.69) is 35.4 Å². The summed E-state index contributed by atoms with van der Waals surface area (Å²) < 4.78 is 0. The van der Waals surface area contributed by atoms with Gasteiger partial charge in [-0.25, -0.2) is 0 Å². The van der Waals surface area contributed by atoms with E-state index in [4.69, 9.17) is 0 Å². The number of amides is 2. The van der Waals surface area contributed by atoms with Crippen molar-refractivity contribution in [2.75, 3.05) is 18.4 Å². The summed E-state index contributed by atoms with van der Waals surface area (Å²) in [5, 5.41) is 5.87. The van der Waals surface area contributed by atoms with Gasteiger partial charge in [-0.1, -0.05) is 70.2 Å². The first-order valence-electron chi connectivity index (χ1n) is 10.4. The van der Waals surface area contributed by atoms with Gasteiger partial charge in [0.25, 0.3) is 5.91 Å². The molecule has 0 saturated carbocycles. The second kappa shape index (κ2) is 11.4. The van der Waals surface area contributed by atoms with Gasteiger partial charge in [0, 0.05) is 18.7 Å². The van der Waals surface area contributed by atoms with Crippen molar-refractivity contribution in [2.24, 2.45) is 5.92 Å². The van der Waals surface area contributed by atoms with Gasteiger partial charge in [-0.3, -0.25) is 14.5 Å². The van der Waals surface area contributed by atoms with E-state index >= 15 is 0 Å². The smallest absolute Gasteiger partial charge is 0.251 e. The van der Waals surface area contributed by atoms with Crippen LogP contribution >= 0.6 is 0 Å². The first-order valence-corrected chi connectivity index (χ1v) is 10.4. The van der Waals surface area contributed by atoms with Crippen molar-refractivity contribution >= 4 is 17.5 Å². The van der Waals surface area contributed by atoms with Gasteiger partial charge in [-0.05, 0) is 42.3 Å². The maximum Gasteiger partial charge on any atom is 0.251 e. The lowest BCUT2D eigenvalue weighted by Crippen LogP contribution is -2.37. The molecule has 1 unspecified atom stereocenters. The summed E-state index contributed by atoms with van der Waals surface area (Å²) in [6, 6.07) is 16.5. The number of benzene rings is 2. The largest absolute Gasteiger partial charge is 0.341 e. The Morgan fingerprint density at radius 3 is 2.28 bits per heavy atom. The molecule has 0 saturated heterocycles. The SMILES string of the molecule is CCN(CC)Cc1cccc(NC(=O)C(NC(=O)CC(C)C)c2ccccc2)c1. The van der Waals surface area contributed by atoms with Crippen molar-refractivity contribution in [3.63, 3.8) is 0 Å². The first-order chi connectivity index (χ1) is 13.9. The standard InChI is InChI=1S/C24H33N3O2/c1-5-27(6-2)17-19-11-10-14-21(16-19)25-24(29)23(20-12-8-7-9-13-20)26-22(28)15-18(3)4/h7-14,16,18,23H,5-6,15,17H2,1-4H3,(H,25,29)(H,26,28). The number of hydrogen-bond donors (Lipinski definition) is 2. The third-order valence-electron chi connectivity index (χ3n) is 4.79. The quantitative estimate of drug-likeness (QED) is 0.628. The number of rotatable bonds is 10. The molecule has 0 spiro atoms.